The molecule has 0 fully saturated rings. The first kappa shape index (κ1) is 70.6. The molecule has 6 nitrogen and oxygen atoms in total. The van der Waals surface area contributed by atoms with Crippen molar-refractivity contribution in [2.45, 2.75) is 316 Å². The third-order valence-electron chi connectivity index (χ3n) is 13.7. The van der Waals surface area contributed by atoms with Gasteiger partial charge in [-0.05, 0) is 77.0 Å². The Morgan fingerprint density at radius 1 is 0.297 bits per heavy atom. The first-order chi connectivity index (χ1) is 36.5. The second kappa shape index (κ2) is 62.1. The standard InChI is InChI=1S/C68H118O6/c1-4-7-10-13-16-19-22-25-28-31-34-37-40-43-46-49-52-55-58-61-67(70)73-64-65(63-72-66(69)60-57-54-51-48-45-42-39-36-33-30-27-24-21-18-15-12-9-6-3)74-68(71)62-59-56-53-50-47-44-41-38-35-32-29-26-23-20-17-14-11-8-5-2/h7,10,16,18-19,21,24-25,27-28,30,33,36,39,65H,4-6,8-9,11-15,17,20,22-23,26,29,31-32,34-35,37-38,40-64H2,1-3H3/b10-7-,19-16-,21-18-,27-24-,28-25-,33-30-,39-36-. The predicted octanol–water partition coefficient (Wildman–Crippen LogP) is 21.5. The van der Waals surface area contributed by atoms with Crippen LogP contribution in [0.2, 0.25) is 0 Å². The predicted molar refractivity (Wildman–Crippen MR) is 321 cm³/mol. The number of allylic oxidation sites excluding steroid dienone is 14. The number of unbranched alkanes of at least 4 members (excludes halogenated alkanes) is 35. The van der Waals surface area contributed by atoms with Crippen LogP contribution in [0.5, 0.6) is 0 Å². The Hall–Kier alpha value is -3.41. The van der Waals surface area contributed by atoms with Gasteiger partial charge in [-0.1, -0.05) is 298 Å². The summed E-state index contributed by atoms with van der Waals surface area (Å²) in [5.74, 6) is -0.899. The van der Waals surface area contributed by atoms with Gasteiger partial charge >= 0.3 is 17.9 Å². The molecule has 6 heteroatoms. The van der Waals surface area contributed by atoms with Crippen molar-refractivity contribution in [2.24, 2.45) is 0 Å². The second-order valence-corrected chi connectivity index (χ2v) is 21.0. The zero-order chi connectivity index (χ0) is 53.6. The summed E-state index contributed by atoms with van der Waals surface area (Å²) in [6, 6.07) is 0. The molecule has 1 unspecified atom stereocenters. The summed E-state index contributed by atoms with van der Waals surface area (Å²) in [6.07, 6.45) is 81.5. The highest BCUT2D eigenvalue weighted by atomic mass is 16.6. The normalized spacial score (nSPS) is 12.6. The largest absolute Gasteiger partial charge is 0.462 e. The molecular weight excluding hydrogens is 913 g/mol. The fourth-order valence-corrected chi connectivity index (χ4v) is 9.00. The summed E-state index contributed by atoms with van der Waals surface area (Å²) in [4.78, 5) is 38.3. The summed E-state index contributed by atoms with van der Waals surface area (Å²) in [6.45, 7) is 6.51. The molecule has 426 valence electrons. The van der Waals surface area contributed by atoms with Crippen molar-refractivity contribution in [3.8, 4) is 0 Å². The van der Waals surface area contributed by atoms with Crippen LogP contribution in [-0.2, 0) is 28.6 Å². The number of hydrogen-bond donors (Lipinski definition) is 0. The number of carbonyl (C=O) groups excluding carboxylic acids is 3. The number of esters is 3. The Morgan fingerprint density at radius 2 is 0.581 bits per heavy atom. The molecule has 0 bridgehead atoms. The maximum Gasteiger partial charge on any atom is 0.306 e. The zero-order valence-electron chi connectivity index (χ0n) is 48.8. The molecule has 0 N–H and O–H groups in total. The lowest BCUT2D eigenvalue weighted by Gasteiger charge is -2.18. The highest BCUT2D eigenvalue weighted by Crippen LogP contribution is 2.17. The van der Waals surface area contributed by atoms with E-state index >= 15 is 0 Å². The molecule has 0 heterocycles. The lowest BCUT2D eigenvalue weighted by molar-refractivity contribution is -0.167. The van der Waals surface area contributed by atoms with Crippen LogP contribution in [0.3, 0.4) is 0 Å². The lowest BCUT2D eigenvalue weighted by atomic mass is 10.0. The van der Waals surface area contributed by atoms with E-state index in [1.54, 1.807) is 0 Å². The minimum absolute atomic E-state index is 0.0850. The maximum atomic E-state index is 12.9. The zero-order valence-corrected chi connectivity index (χ0v) is 48.8. The molecule has 0 aromatic rings. The van der Waals surface area contributed by atoms with Crippen molar-refractivity contribution >= 4 is 17.9 Å². The van der Waals surface area contributed by atoms with Crippen LogP contribution in [0.15, 0.2) is 85.1 Å². The summed E-state index contributed by atoms with van der Waals surface area (Å²) < 4.78 is 16.9. The smallest absolute Gasteiger partial charge is 0.306 e. The van der Waals surface area contributed by atoms with Gasteiger partial charge < -0.3 is 14.2 Å². The number of carbonyl (C=O) groups is 3. The molecule has 0 amide bonds. The van der Waals surface area contributed by atoms with Crippen LogP contribution in [0.25, 0.3) is 0 Å². The van der Waals surface area contributed by atoms with Gasteiger partial charge in [0.1, 0.15) is 13.2 Å². The van der Waals surface area contributed by atoms with Crippen LogP contribution in [0.1, 0.15) is 310 Å². The maximum absolute atomic E-state index is 12.9. The second-order valence-electron chi connectivity index (χ2n) is 21.0. The van der Waals surface area contributed by atoms with Gasteiger partial charge in [0.25, 0.3) is 0 Å². The third-order valence-corrected chi connectivity index (χ3v) is 13.7. The Bertz CT molecular complexity index is 1420. The highest BCUT2D eigenvalue weighted by molar-refractivity contribution is 5.71. The van der Waals surface area contributed by atoms with E-state index in [4.69, 9.17) is 14.2 Å². The Kier molecular flexibility index (Phi) is 59.3. The van der Waals surface area contributed by atoms with Crippen molar-refractivity contribution in [3.05, 3.63) is 85.1 Å². The molecule has 0 aliphatic rings. The van der Waals surface area contributed by atoms with Crippen molar-refractivity contribution < 1.29 is 28.6 Å². The molecule has 74 heavy (non-hydrogen) atoms. The molecule has 1 atom stereocenters. The van der Waals surface area contributed by atoms with Gasteiger partial charge in [-0.15, -0.1) is 0 Å². The van der Waals surface area contributed by atoms with Gasteiger partial charge in [0.2, 0.25) is 0 Å². The monoisotopic (exact) mass is 1030 g/mol. The molecule has 0 aliphatic heterocycles. The molecule has 0 radical (unpaired) electrons. The molecule has 0 aromatic heterocycles. The van der Waals surface area contributed by atoms with E-state index in [-0.39, 0.29) is 31.1 Å². The minimum atomic E-state index is -0.789. The fourth-order valence-electron chi connectivity index (χ4n) is 9.00. The number of hydrogen-bond acceptors (Lipinski definition) is 6. The summed E-state index contributed by atoms with van der Waals surface area (Å²) in [7, 11) is 0. The number of rotatable bonds is 57. The number of ether oxygens (including phenoxy) is 3. The summed E-state index contributed by atoms with van der Waals surface area (Å²) >= 11 is 0. The quantitative estimate of drug-likeness (QED) is 0.0199. The molecule has 0 aromatic carbocycles. The van der Waals surface area contributed by atoms with Crippen LogP contribution in [0.4, 0.5) is 0 Å². The Labute approximate surface area is 458 Å². The Morgan fingerprint density at radius 3 is 0.973 bits per heavy atom. The average molecular weight is 1030 g/mol. The van der Waals surface area contributed by atoms with Gasteiger partial charge in [-0.25, -0.2) is 0 Å². The van der Waals surface area contributed by atoms with E-state index in [1.165, 1.54) is 167 Å². The van der Waals surface area contributed by atoms with E-state index in [2.05, 4.69) is 106 Å². The molecule has 0 rings (SSSR count). The molecule has 0 aliphatic carbocycles. The average Bonchev–Trinajstić information content (AvgIpc) is 3.40. The molecular formula is C68H118O6. The van der Waals surface area contributed by atoms with E-state index in [0.29, 0.717) is 19.3 Å². The van der Waals surface area contributed by atoms with Crippen molar-refractivity contribution in [1.82, 2.24) is 0 Å². The van der Waals surface area contributed by atoms with Crippen LogP contribution in [-0.4, -0.2) is 37.2 Å². The van der Waals surface area contributed by atoms with Gasteiger partial charge in [0, 0.05) is 19.3 Å². The fraction of sp³-hybridized carbons (Fsp3) is 0.750. The Balaban J connectivity index is 4.41. The van der Waals surface area contributed by atoms with E-state index in [0.717, 1.165) is 103 Å². The molecule has 0 spiro atoms. The first-order valence-electron chi connectivity index (χ1n) is 31.6. The van der Waals surface area contributed by atoms with E-state index in [1.807, 2.05) is 0 Å². The molecule has 0 saturated carbocycles. The lowest BCUT2D eigenvalue weighted by Crippen LogP contribution is -2.30. The third kappa shape index (κ3) is 59.5. The van der Waals surface area contributed by atoms with Crippen LogP contribution >= 0.6 is 0 Å². The van der Waals surface area contributed by atoms with E-state index in [9.17, 15) is 14.4 Å². The van der Waals surface area contributed by atoms with E-state index < -0.39 is 6.10 Å². The molecule has 0 saturated heterocycles. The summed E-state index contributed by atoms with van der Waals surface area (Å²) in [5.41, 5.74) is 0. The van der Waals surface area contributed by atoms with Crippen molar-refractivity contribution in [1.29, 1.82) is 0 Å². The van der Waals surface area contributed by atoms with Gasteiger partial charge in [0.15, 0.2) is 6.10 Å². The SMILES string of the molecule is CC/C=C\C/C=C\C/C=C\CCCCCCCCCCCC(=O)OCC(COC(=O)CCCCCCC\C=C/C=C\C=C/C=C\CCCCC)OC(=O)CCCCCCCCCCCCCCCCCCCCC. The minimum Gasteiger partial charge on any atom is -0.462 e. The van der Waals surface area contributed by atoms with Crippen molar-refractivity contribution in [3.63, 3.8) is 0 Å². The van der Waals surface area contributed by atoms with Gasteiger partial charge in [0.05, 0.1) is 0 Å². The van der Waals surface area contributed by atoms with Gasteiger partial charge in [-0.3, -0.25) is 14.4 Å². The van der Waals surface area contributed by atoms with Crippen LogP contribution in [0, 0.1) is 0 Å². The van der Waals surface area contributed by atoms with Gasteiger partial charge in [-0.2, -0.15) is 0 Å². The first-order valence-corrected chi connectivity index (χ1v) is 31.6. The van der Waals surface area contributed by atoms with Crippen LogP contribution < -0.4 is 0 Å². The summed E-state index contributed by atoms with van der Waals surface area (Å²) in [5, 5.41) is 0. The highest BCUT2D eigenvalue weighted by Gasteiger charge is 2.19. The van der Waals surface area contributed by atoms with Crippen molar-refractivity contribution in [2.75, 3.05) is 13.2 Å². The topological polar surface area (TPSA) is 78.9 Å².